The first-order valence-electron chi connectivity index (χ1n) is 8.96. The number of hydrogen-bond acceptors (Lipinski definition) is 5. The smallest absolute Gasteiger partial charge is 0.289 e. The van der Waals surface area contributed by atoms with Crippen LogP contribution < -0.4 is 0 Å². The van der Waals surface area contributed by atoms with E-state index in [1.165, 1.54) is 6.20 Å². The summed E-state index contributed by atoms with van der Waals surface area (Å²) in [5, 5.41) is 4.02. The van der Waals surface area contributed by atoms with Gasteiger partial charge in [-0.3, -0.25) is 14.3 Å². The molecule has 28 heavy (non-hydrogen) atoms. The van der Waals surface area contributed by atoms with E-state index in [0.29, 0.717) is 37.3 Å². The van der Waals surface area contributed by atoms with Gasteiger partial charge in [-0.05, 0) is 5.56 Å². The van der Waals surface area contributed by atoms with Crippen LogP contribution >= 0.6 is 0 Å². The second-order valence-electron chi connectivity index (χ2n) is 6.66. The average Bonchev–Trinajstić information content (AvgIpc) is 3.16. The summed E-state index contributed by atoms with van der Waals surface area (Å²) in [5.41, 5.74) is 1.16. The molecule has 0 spiro atoms. The number of aryl methyl sites for hydroxylation is 1. The molecule has 1 atom stereocenters. The maximum atomic E-state index is 14.4. The van der Waals surface area contributed by atoms with Gasteiger partial charge in [0.1, 0.15) is 0 Å². The summed E-state index contributed by atoms with van der Waals surface area (Å²) < 4.78 is 15.9. The lowest BCUT2D eigenvalue weighted by molar-refractivity contribution is -0.120. The van der Waals surface area contributed by atoms with Gasteiger partial charge in [-0.25, -0.2) is 9.38 Å². The predicted octanol–water partition coefficient (Wildman–Crippen LogP) is 0.901. The third-order valence-corrected chi connectivity index (χ3v) is 4.76. The highest BCUT2D eigenvalue weighted by molar-refractivity contribution is 6.23. The number of aromatic nitrogens is 2. The highest BCUT2D eigenvalue weighted by Gasteiger charge is 2.33. The Morgan fingerprint density at radius 2 is 1.82 bits per heavy atom. The molecule has 1 aromatic heterocycles. The average molecular weight is 382 g/mol. The molecule has 2 aliphatic heterocycles. The lowest BCUT2D eigenvalue weighted by Crippen LogP contribution is -2.51. The van der Waals surface area contributed by atoms with Crippen molar-refractivity contribution < 1.29 is 14.0 Å². The van der Waals surface area contributed by atoms with Crippen molar-refractivity contribution in [2.45, 2.75) is 6.17 Å². The molecule has 3 heterocycles. The van der Waals surface area contributed by atoms with E-state index in [4.69, 9.17) is 0 Å². The molecule has 0 bridgehead atoms. The molecule has 9 heteroatoms. The molecule has 0 saturated carbocycles. The number of guanidine groups is 1. The van der Waals surface area contributed by atoms with Gasteiger partial charge < -0.3 is 9.80 Å². The van der Waals surface area contributed by atoms with Crippen molar-refractivity contribution in [3.63, 3.8) is 0 Å². The Bertz CT molecular complexity index is 960. The van der Waals surface area contributed by atoms with Gasteiger partial charge in [0.25, 0.3) is 11.8 Å². The third kappa shape index (κ3) is 3.42. The van der Waals surface area contributed by atoms with Crippen LogP contribution in [0.15, 0.2) is 52.7 Å². The lowest BCUT2D eigenvalue weighted by atomic mass is 10.0. The molecule has 1 saturated heterocycles. The van der Waals surface area contributed by atoms with Crippen molar-refractivity contribution >= 4 is 23.5 Å². The zero-order valence-corrected chi connectivity index (χ0v) is 15.3. The molecule has 4 rings (SSSR count). The van der Waals surface area contributed by atoms with Crippen LogP contribution in [0.5, 0.6) is 0 Å². The zero-order valence-electron chi connectivity index (χ0n) is 15.3. The van der Waals surface area contributed by atoms with Gasteiger partial charge in [0, 0.05) is 39.4 Å². The van der Waals surface area contributed by atoms with Crippen molar-refractivity contribution in [1.82, 2.24) is 19.6 Å². The molecule has 2 amide bonds. The Labute approximate surface area is 161 Å². The van der Waals surface area contributed by atoms with Crippen molar-refractivity contribution in [1.29, 1.82) is 0 Å². The Balaban J connectivity index is 1.48. The topological polar surface area (TPSA) is 83.2 Å². The Kier molecular flexibility index (Phi) is 4.72. The molecular weight excluding hydrogens is 363 g/mol. The van der Waals surface area contributed by atoms with E-state index in [1.807, 2.05) is 6.07 Å². The fourth-order valence-electron chi connectivity index (χ4n) is 3.25. The van der Waals surface area contributed by atoms with Crippen LogP contribution in [0.2, 0.25) is 0 Å². The number of nitrogens with zero attached hydrogens (tertiary/aromatic N) is 6. The van der Waals surface area contributed by atoms with Crippen molar-refractivity contribution in [3.05, 3.63) is 53.9 Å². The second-order valence-corrected chi connectivity index (χ2v) is 6.66. The van der Waals surface area contributed by atoms with Crippen LogP contribution in [0.3, 0.4) is 0 Å². The number of carbonyl (C=O) groups is 2. The zero-order chi connectivity index (χ0) is 19.7. The quantitative estimate of drug-likeness (QED) is 0.773. The first kappa shape index (κ1) is 18.0. The number of halogens is 1. The Hall–Kier alpha value is -3.36. The van der Waals surface area contributed by atoms with Gasteiger partial charge in [-0.15, -0.1) is 0 Å². The number of piperazine rings is 1. The fraction of sp³-hybridized carbons (Fsp3) is 0.316. The van der Waals surface area contributed by atoms with E-state index >= 15 is 0 Å². The van der Waals surface area contributed by atoms with E-state index < -0.39 is 12.1 Å². The third-order valence-electron chi connectivity index (χ3n) is 4.76. The van der Waals surface area contributed by atoms with Crippen LogP contribution in [-0.2, 0) is 11.8 Å². The number of alkyl halides is 1. The fourth-order valence-corrected chi connectivity index (χ4v) is 3.25. The molecule has 1 unspecified atom stereocenters. The number of rotatable bonds is 2. The van der Waals surface area contributed by atoms with Gasteiger partial charge in [0.2, 0.25) is 12.1 Å². The highest BCUT2D eigenvalue weighted by Crippen LogP contribution is 2.17. The first-order chi connectivity index (χ1) is 13.5. The SMILES string of the molecule is Cn1cc(C(=O)N2CCN(C3=NC(=O)C(F)C(c4ccccc4)=N3)CC2)cn1. The maximum Gasteiger partial charge on any atom is 0.289 e. The largest absolute Gasteiger partial charge is 0.337 e. The summed E-state index contributed by atoms with van der Waals surface area (Å²) in [4.78, 5) is 36.2. The minimum absolute atomic E-state index is 0.0736. The second kappa shape index (κ2) is 7.34. The van der Waals surface area contributed by atoms with E-state index in [9.17, 15) is 14.0 Å². The molecule has 1 aromatic carbocycles. The highest BCUT2D eigenvalue weighted by atomic mass is 19.1. The molecule has 1 fully saturated rings. The number of hydrogen-bond donors (Lipinski definition) is 0. The minimum atomic E-state index is -1.86. The van der Waals surface area contributed by atoms with Gasteiger partial charge in [0.15, 0.2) is 0 Å². The molecule has 144 valence electrons. The predicted molar refractivity (Wildman–Crippen MR) is 101 cm³/mol. The summed E-state index contributed by atoms with van der Waals surface area (Å²) in [6, 6.07) is 8.78. The summed E-state index contributed by atoms with van der Waals surface area (Å²) >= 11 is 0. The number of amides is 2. The number of carbonyl (C=O) groups excluding carboxylic acids is 2. The Morgan fingerprint density at radius 1 is 1.11 bits per heavy atom. The molecule has 0 radical (unpaired) electrons. The summed E-state index contributed by atoms with van der Waals surface area (Å²) in [7, 11) is 1.76. The maximum absolute atomic E-state index is 14.4. The van der Waals surface area contributed by atoms with Gasteiger partial charge in [-0.2, -0.15) is 10.1 Å². The lowest BCUT2D eigenvalue weighted by Gasteiger charge is -2.35. The van der Waals surface area contributed by atoms with E-state index in [-0.39, 0.29) is 17.6 Å². The number of benzene rings is 1. The van der Waals surface area contributed by atoms with Crippen LogP contribution in [0.1, 0.15) is 15.9 Å². The molecule has 2 aliphatic rings. The first-order valence-corrected chi connectivity index (χ1v) is 8.96. The minimum Gasteiger partial charge on any atom is -0.337 e. The summed E-state index contributed by atoms with van der Waals surface area (Å²) in [5.74, 6) is -0.740. The van der Waals surface area contributed by atoms with Gasteiger partial charge >= 0.3 is 0 Å². The van der Waals surface area contributed by atoms with Crippen molar-refractivity contribution in [2.24, 2.45) is 17.0 Å². The standard InChI is InChI=1S/C19H19FN6O2/c1-24-12-14(11-21-24)18(28)25-7-9-26(10-8-25)19-22-16(15(20)17(27)23-19)13-5-3-2-4-6-13/h2-6,11-12,15H,7-10H2,1H3. The van der Waals surface area contributed by atoms with Crippen LogP contribution in [-0.4, -0.2) is 75.4 Å². The van der Waals surface area contributed by atoms with E-state index in [1.54, 1.807) is 52.0 Å². The van der Waals surface area contributed by atoms with Gasteiger partial charge in [0.05, 0.1) is 17.5 Å². The monoisotopic (exact) mass is 382 g/mol. The van der Waals surface area contributed by atoms with E-state index in [2.05, 4.69) is 15.1 Å². The molecular formula is C19H19FN6O2. The molecule has 0 N–H and O–H groups in total. The molecule has 8 nitrogen and oxygen atoms in total. The van der Waals surface area contributed by atoms with Crippen molar-refractivity contribution in [3.8, 4) is 0 Å². The summed E-state index contributed by atoms with van der Waals surface area (Å²) in [6.07, 6.45) is 1.35. The molecule has 2 aromatic rings. The van der Waals surface area contributed by atoms with Crippen LogP contribution in [0.25, 0.3) is 0 Å². The number of aliphatic imine (C=N–C) groups is 2. The Morgan fingerprint density at radius 3 is 2.46 bits per heavy atom. The van der Waals surface area contributed by atoms with Gasteiger partial charge in [-0.1, -0.05) is 30.3 Å². The van der Waals surface area contributed by atoms with Crippen LogP contribution in [0, 0.1) is 0 Å². The van der Waals surface area contributed by atoms with Crippen molar-refractivity contribution in [2.75, 3.05) is 26.2 Å². The van der Waals surface area contributed by atoms with E-state index in [0.717, 1.165) is 0 Å². The normalized spacial score (nSPS) is 20.1. The molecule has 0 aliphatic carbocycles. The summed E-state index contributed by atoms with van der Waals surface area (Å²) in [6.45, 7) is 1.83. The van der Waals surface area contributed by atoms with Crippen LogP contribution in [0.4, 0.5) is 4.39 Å².